The number of nitro benzene ring substituents is 1. The molecular formula is C25H18BrN5O4. The number of hydrogen-bond acceptors (Lipinski definition) is 7. The van der Waals surface area contributed by atoms with Gasteiger partial charge in [-0.1, -0.05) is 41.1 Å². The van der Waals surface area contributed by atoms with E-state index in [0.717, 1.165) is 4.47 Å². The molecule has 0 saturated heterocycles. The Hall–Kier alpha value is -4.36. The third-order valence-electron chi connectivity index (χ3n) is 5.21. The van der Waals surface area contributed by atoms with Gasteiger partial charge in [0.05, 0.1) is 33.7 Å². The van der Waals surface area contributed by atoms with Crippen molar-refractivity contribution in [3.63, 3.8) is 0 Å². The van der Waals surface area contributed by atoms with Crippen LogP contribution in [0.25, 0.3) is 10.9 Å². The maximum atomic E-state index is 13.0. The second-order valence-electron chi connectivity index (χ2n) is 7.45. The zero-order valence-corrected chi connectivity index (χ0v) is 20.1. The van der Waals surface area contributed by atoms with E-state index in [2.05, 4.69) is 32.1 Å². The summed E-state index contributed by atoms with van der Waals surface area (Å²) >= 11 is 3.36. The van der Waals surface area contributed by atoms with Crippen LogP contribution < -0.4 is 10.3 Å². The minimum absolute atomic E-state index is 0.00554. The summed E-state index contributed by atoms with van der Waals surface area (Å²) in [5.41, 5.74) is 1.44. The number of benzene rings is 3. The second-order valence-corrected chi connectivity index (χ2v) is 8.36. The molecule has 0 aliphatic heterocycles. The van der Waals surface area contributed by atoms with Crippen LogP contribution in [0.3, 0.4) is 0 Å². The molecule has 0 aliphatic carbocycles. The lowest BCUT2D eigenvalue weighted by molar-refractivity contribution is -0.385. The van der Waals surface area contributed by atoms with E-state index in [1.807, 2.05) is 13.0 Å². The molecule has 0 spiro atoms. The van der Waals surface area contributed by atoms with Crippen molar-refractivity contribution in [3.05, 3.63) is 108 Å². The molecule has 1 heterocycles. The number of nitriles is 1. The van der Waals surface area contributed by atoms with Gasteiger partial charge in [0, 0.05) is 28.1 Å². The monoisotopic (exact) mass is 531 g/mol. The Morgan fingerprint density at radius 3 is 2.77 bits per heavy atom. The Labute approximate surface area is 208 Å². The summed E-state index contributed by atoms with van der Waals surface area (Å²) in [6, 6.07) is 18.6. The summed E-state index contributed by atoms with van der Waals surface area (Å²) in [7, 11) is 0. The topological polar surface area (TPSA) is 123 Å². The van der Waals surface area contributed by atoms with E-state index in [0.29, 0.717) is 39.8 Å². The summed E-state index contributed by atoms with van der Waals surface area (Å²) in [5, 5.41) is 25.6. The summed E-state index contributed by atoms with van der Waals surface area (Å²) in [6.45, 7) is 1.87. The van der Waals surface area contributed by atoms with Crippen molar-refractivity contribution >= 4 is 38.7 Å². The van der Waals surface area contributed by atoms with Crippen molar-refractivity contribution in [3.8, 4) is 11.8 Å². The molecule has 0 saturated carbocycles. The quantitative estimate of drug-likeness (QED) is 0.188. The molecule has 174 valence electrons. The Morgan fingerprint density at radius 1 is 1.23 bits per heavy atom. The second kappa shape index (κ2) is 10.3. The van der Waals surface area contributed by atoms with Crippen molar-refractivity contribution in [2.24, 2.45) is 5.10 Å². The van der Waals surface area contributed by atoms with Gasteiger partial charge in [0.2, 0.25) is 0 Å². The molecule has 0 unspecified atom stereocenters. The normalized spacial score (nSPS) is 11.0. The highest BCUT2D eigenvalue weighted by Crippen LogP contribution is 2.28. The molecule has 0 fully saturated rings. The fourth-order valence-corrected chi connectivity index (χ4v) is 3.82. The van der Waals surface area contributed by atoms with Gasteiger partial charge in [0.1, 0.15) is 12.4 Å². The van der Waals surface area contributed by atoms with Gasteiger partial charge < -0.3 is 4.74 Å². The zero-order valence-electron chi connectivity index (χ0n) is 18.5. The van der Waals surface area contributed by atoms with E-state index >= 15 is 0 Å². The van der Waals surface area contributed by atoms with Gasteiger partial charge in [-0.05, 0) is 36.4 Å². The fraction of sp³-hybridized carbons (Fsp3) is 0.120. The highest BCUT2D eigenvalue weighted by atomic mass is 79.9. The standard InChI is InChI=1S/C25H18BrN5O4/c1-2-24-29-21-9-8-19(26)12-20(21)25(32)30(24)28-14-16-7-10-23(22(11-16)31(33)34)35-15-18-6-4-3-5-17(18)13-27/h3-12,14H,2,15H2,1H3. The number of aryl methyl sites for hydroxylation is 1. The molecule has 0 atom stereocenters. The van der Waals surface area contributed by atoms with Crippen LogP contribution in [0.5, 0.6) is 5.75 Å². The van der Waals surface area contributed by atoms with E-state index in [-0.39, 0.29) is 23.6 Å². The summed E-state index contributed by atoms with van der Waals surface area (Å²) in [6.07, 6.45) is 1.84. The minimum atomic E-state index is -0.554. The van der Waals surface area contributed by atoms with Crippen molar-refractivity contribution in [1.29, 1.82) is 5.26 Å². The van der Waals surface area contributed by atoms with Gasteiger partial charge in [-0.3, -0.25) is 14.9 Å². The lowest BCUT2D eigenvalue weighted by Gasteiger charge is -2.09. The van der Waals surface area contributed by atoms with E-state index in [1.165, 1.54) is 23.0 Å². The average molecular weight is 532 g/mol. The number of aromatic nitrogens is 2. The predicted octanol–water partition coefficient (Wildman–Crippen LogP) is 4.96. The van der Waals surface area contributed by atoms with Crippen LogP contribution in [0.2, 0.25) is 0 Å². The van der Waals surface area contributed by atoms with Gasteiger partial charge in [-0.25, -0.2) is 4.98 Å². The molecule has 3 aromatic carbocycles. The molecule has 10 heteroatoms. The number of nitrogens with zero attached hydrogens (tertiary/aromatic N) is 5. The Kier molecular flexibility index (Phi) is 6.98. The van der Waals surface area contributed by atoms with Crippen LogP contribution >= 0.6 is 15.9 Å². The molecule has 0 N–H and O–H groups in total. The molecule has 35 heavy (non-hydrogen) atoms. The number of halogens is 1. The maximum absolute atomic E-state index is 13.0. The maximum Gasteiger partial charge on any atom is 0.311 e. The summed E-state index contributed by atoms with van der Waals surface area (Å²) in [5.74, 6) is 0.523. The van der Waals surface area contributed by atoms with Gasteiger partial charge in [-0.15, -0.1) is 0 Å². The number of hydrogen-bond donors (Lipinski definition) is 0. The minimum Gasteiger partial charge on any atom is -0.482 e. The summed E-state index contributed by atoms with van der Waals surface area (Å²) in [4.78, 5) is 28.7. The first-order valence-corrected chi connectivity index (χ1v) is 11.4. The van der Waals surface area contributed by atoms with Crippen LogP contribution in [0, 0.1) is 21.4 Å². The number of nitro groups is 1. The van der Waals surface area contributed by atoms with Gasteiger partial charge in [0.15, 0.2) is 5.75 Å². The molecule has 4 aromatic rings. The first-order chi connectivity index (χ1) is 16.9. The van der Waals surface area contributed by atoms with Crippen molar-refractivity contribution in [2.45, 2.75) is 20.0 Å². The Morgan fingerprint density at radius 2 is 2.03 bits per heavy atom. The van der Waals surface area contributed by atoms with E-state index < -0.39 is 4.92 Å². The SMILES string of the molecule is CCc1nc2ccc(Br)cc2c(=O)n1N=Cc1ccc(OCc2ccccc2C#N)c([N+](=O)[O-])c1. The van der Waals surface area contributed by atoms with E-state index in [4.69, 9.17) is 4.74 Å². The highest BCUT2D eigenvalue weighted by Gasteiger charge is 2.17. The van der Waals surface area contributed by atoms with E-state index in [9.17, 15) is 20.2 Å². The number of rotatable bonds is 7. The third kappa shape index (κ3) is 5.10. The van der Waals surface area contributed by atoms with Crippen molar-refractivity contribution in [1.82, 2.24) is 9.66 Å². The lowest BCUT2D eigenvalue weighted by Crippen LogP contribution is -2.22. The van der Waals surface area contributed by atoms with Gasteiger partial charge in [-0.2, -0.15) is 15.0 Å². The Bertz CT molecular complexity index is 1570. The molecule has 9 nitrogen and oxygen atoms in total. The highest BCUT2D eigenvalue weighted by molar-refractivity contribution is 9.10. The summed E-state index contributed by atoms with van der Waals surface area (Å²) < 4.78 is 7.59. The molecule has 0 radical (unpaired) electrons. The van der Waals surface area contributed by atoms with Gasteiger partial charge >= 0.3 is 5.69 Å². The Balaban J connectivity index is 1.66. The molecular weight excluding hydrogens is 514 g/mol. The average Bonchev–Trinajstić information content (AvgIpc) is 2.87. The third-order valence-corrected chi connectivity index (χ3v) is 5.71. The zero-order chi connectivity index (χ0) is 24.9. The molecule has 0 aliphatic rings. The van der Waals surface area contributed by atoms with Crippen molar-refractivity contribution in [2.75, 3.05) is 0 Å². The van der Waals surface area contributed by atoms with Crippen molar-refractivity contribution < 1.29 is 9.66 Å². The van der Waals surface area contributed by atoms with Crippen LogP contribution in [-0.2, 0) is 13.0 Å². The van der Waals surface area contributed by atoms with Crippen LogP contribution in [-0.4, -0.2) is 20.8 Å². The fourth-order valence-electron chi connectivity index (χ4n) is 3.46. The predicted molar refractivity (Wildman–Crippen MR) is 135 cm³/mol. The molecule has 4 rings (SSSR count). The first kappa shape index (κ1) is 23.8. The van der Waals surface area contributed by atoms with E-state index in [1.54, 1.807) is 42.5 Å². The van der Waals surface area contributed by atoms with Crippen LogP contribution in [0.4, 0.5) is 5.69 Å². The van der Waals surface area contributed by atoms with Gasteiger partial charge in [0.25, 0.3) is 5.56 Å². The molecule has 0 amide bonds. The van der Waals surface area contributed by atoms with Crippen LogP contribution in [0.15, 0.2) is 75.0 Å². The largest absolute Gasteiger partial charge is 0.482 e. The molecule has 1 aromatic heterocycles. The number of fused-ring (bicyclic) bond motifs is 1. The smallest absolute Gasteiger partial charge is 0.311 e. The lowest BCUT2D eigenvalue weighted by atomic mass is 10.1. The first-order valence-electron chi connectivity index (χ1n) is 10.6. The molecule has 0 bridgehead atoms. The number of ether oxygens (including phenoxy) is 1. The van der Waals surface area contributed by atoms with Crippen LogP contribution in [0.1, 0.15) is 29.4 Å².